The molecular weight excluding hydrogens is 284 g/mol. The number of anilines is 1. The highest BCUT2D eigenvalue weighted by Crippen LogP contribution is 2.15. The number of hydrogen-bond donors (Lipinski definition) is 1. The number of carbonyl (C=O) groups excluding carboxylic acids is 1. The van der Waals surface area contributed by atoms with E-state index >= 15 is 0 Å². The molecule has 5 heteroatoms. The zero-order valence-electron chi connectivity index (χ0n) is 10.1. The number of carbonyl (C=O) groups is 1. The lowest BCUT2D eigenvalue weighted by Gasteiger charge is -2.14. The summed E-state index contributed by atoms with van der Waals surface area (Å²) in [5, 5.41) is 3.28. The first-order chi connectivity index (χ1) is 8.11. The van der Waals surface area contributed by atoms with E-state index < -0.39 is 0 Å². The van der Waals surface area contributed by atoms with Crippen LogP contribution < -0.4 is 5.32 Å². The van der Waals surface area contributed by atoms with Crippen LogP contribution in [0.25, 0.3) is 0 Å². The van der Waals surface area contributed by atoms with Gasteiger partial charge in [-0.15, -0.1) is 0 Å². The average molecular weight is 301 g/mol. The summed E-state index contributed by atoms with van der Waals surface area (Å²) in [4.78, 5) is 15.2. The van der Waals surface area contributed by atoms with Gasteiger partial charge in [0.25, 0.3) is 0 Å². The van der Waals surface area contributed by atoms with Crippen LogP contribution in [-0.2, 0) is 9.53 Å². The van der Waals surface area contributed by atoms with E-state index in [-0.39, 0.29) is 12.0 Å². The second-order valence-corrected chi connectivity index (χ2v) is 4.70. The molecule has 1 aromatic heterocycles. The van der Waals surface area contributed by atoms with Crippen LogP contribution in [-0.4, -0.2) is 23.6 Å². The van der Waals surface area contributed by atoms with E-state index in [0.717, 1.165) is 16.6 Å². The number of aromatic nitrogens is 1. The molecule has 1 heterocycles. The fourth-order valence-electron chi connectivity index (χ4n) is 1.41. The lowest BCUT2D eigenvalue weighted by molar-refractivity contribution is -0.143. The molecule has 0 amide bonds. The Bertz CT molecular complexity index is 371. The number of ether oxygens (including phenoxy) is 1. The van der Waals surface area contributed by atoms with Crippen molar-refractivity contribution >= 4 is 27.6 Å². The lowest BCUT2D eigenvalue weighted by Crippen LogP contribution is -2.17. The van der Waals surface area contributed by atoms with E-state index in [2.05, 4.69) is 26.2 Å². The summed E-state index contributed by atoms with van der Waals surface area (Å²) >= 11 is 3.36. The average Bonchev–Trinajstić information content (AvgIpc) is 2.27. The van der Waals surface area contributed by atoms with Gasteiger partial charge in [-0.3, -0.25) is 9.78 Å². The Balaban J connectivity index is 2.34. The van der Waals surface area contributed by atoms with Gasteiger partial charge in [0.2, 0.25) is 0 Å². The number of pyridine rings is 1. The van der Waals surface area contributed by atoms with Gasteiger partial charge in [0.05, 0.1) is 18.5 Å². The Morgan fingerprint density at radius 3 is 3.00 bits per heavy atom. The molecule has 0 saturated carbocycles. The summed E-state index contributed by atoms with van der Waals surface area (Å²) in [6.07, 6.45) is 4.66. The Morgan fingerprint density at radius 2 is 2.35 bits per heavy atom. The molecule has 0 saturated heterocycles. The highest BCUT2D eigenvalue weighted by molar-refractivity contribution is 9.10. The molecule has 1 aromatic rings. The summed E-state index contributed by atoms with van der Waals surface area (Å²) in [5.41, 5.74) is 0.940. The lowest BCUT2D eigenvalue weighted by atomic mass is 10.2. The van der Waals surface area contributed by atoms with E-state index in [9.17, 15) is 4.79 Å². The highest BCUT2D eigenvalue weighted by Gasteiger charge is 2.07. The van der Waals surface area contributed by atoms with E-state index in [1.165, 1.54) is 0 Å². The molecule has 4 nitrogen and oxygen atoms in total. The van der Waals surface area contributed by atoms with Crippen molar-refractivity contribution in [3.63, 3.8) is 0 Å². The van der Waals surface area contributed by atoms with Gasteiger partial charge in [-0.25, -0.2) is 0 Å². The number of esters is 1. The molecule has 1 atom stereocenters. The van der Waals surface area contributed by atoms with Crippen LogP contribution in [0.3, 0.4) is 0 Å². The van der Waals surface area contributed by atoms with E-state index in [4.69, 9.17) is 4.74 Å². The summed E-state index contributed by atoms with van der Waals surface area (Å²) in [5.74, 6) is -0.145. The van der Waals surface area contributed by atoms with Gasteiger partial charge in [-0.1, -0.05) is 0 Å². The van der Waals surface area contributed by atoms with Crippen LogP contribution in [0.5, 0.6) is 0 Å². The predicted octanol–water partition coefficient (Wildman–Crippen LogP) is 2.99. The topological polar surface area (TPSA) is 51.2 Å². The molecule has 0 aliphatic carbocycles. The molecule has 17 heavy (non-hydrogen) atoms. The first kappa shape index (κ1) is 14.0. The van der Waals surface area contributed by atoms with Crippen LogP contribution in [0, 0.1) is 0 Å². The SMILES string of the molecule is CCOC(=O)CCC(C)Nc1cncc(Br)c1. The molecule has 0 spiro atoms. The molecule has 1 rings (SSSR count). The smallest absolute Gasteiger partial charge is 0.305 e. The number of halogens is 1. The Hall–Kier alpha value is -1.10. The fourth-order valence-corrected chi connectivity index (χ4v) is 1.78. The number of rotatable bonds is 6. The quantitative estimate of drug-likeness (QED) is 0.821. The van der Waals surface area contributed by atoms with Crippen LogP contribution in [0.2, 0.25) is 0 Å². The van der Waals surface area contributed by atoms with Crippen LogP contribution in [0.1, 0.15) is 26.7 Å². The minimum atomic E-state index is -0.145. The summed E-state index contributed by atoms with van der Waals surface area (Å²) in [6.45, 7) is 4.28. The van der Waals surface area contributed by atoms with Crippen molar-refractivity contribution in [2.75, 3.05) is 11.9 Å². The normalized spacial score (nSPS) is 11.9. The monoisotopic (exact) mass is 300 g/mol. The molecule has 94 valence electrons. The zero-order chi connectivity index (χ0) is 12.7. The third-order valence-electron chi connectivity index (χ3n) is 2.20. The summed E-state index contributed by atoms with van der Waals surface area (Å²) < 4.78 is 5.81. The van der Waals surface area contributed by atoms with Crippen molar-refractivity contribution in [3.05, 3.63) is 22.9 Å². The van der Waals surface area contributed by atoms with Gasteiger partial charge in [0.15, 0.2) is 0 Å². The summed E-state index contributed by atoms with van der Waals surface area (Å²) in [7, 11) is 0. The minimum absolute atomic E-state index is 0.145. The highest BCUT2D eigenvalue weighted by atomic mass is 79.9. The van der Waals surface area contributed by atoms with E-state index in [1.807, 2.05) is 19.9 Å². The molecule has 0 aromatic carbocycles. The Labute approximate surface area is 110 Å². The van der Waals surface area contributed by atoms with Crippen LogP contribution in [0.15, 0.2) is 22.9 Å². The van der Waals surface area contributed by atoms with Crippen LogP contribution >= 0.6 is 15.9 Å². The largest absolute Gasteiger partial charge is 0.466 e. The number of hydrogen-bond acceptors (Lipinski definition) is 4. The van der Waals surface area contributed by atoms with Gasteiger partial charge in [0.1, 0.15) is 0 Å². The first-order valence-corrected chi connectivity index (χ1v) is 6.43. The van der Waals surface area contributed by atoms with Gasteiger partial charge >= 0.3 is 5.97 Å². The molecule has 0 radical (unpaired) electrons. The number of nitrogens with one attached hydrogen (secondary N) is 1. The minimum Gasteiger partial charge on any atom is -0.466 e. The van der Waals surface area contributed by atoms with Gasteiger partial charge in [-0.2, -0.15) is 0 Å². The van der Waals surface area contributed by atoms with Crippen molar-refractivity contribution in [3.8, 4) is 0 Å². The van der Waals surface area contributed by atoms with Gasteiger partial charge in [0, 0.05) is 23.1 Å². The maximum Gasteiger partial charge on any atom is 0.305 e. The first-order valence-electron chi connectivity index (χ1n) is 5.64. The van der Waals surface area contributed by atoms with Crippen molar-refractivity contribution in [2.24, 2.45) is 0 Å². The third-order valence-corrected chi connectivity index (χ3v) is 2.64. The molecule has 1 N–H and O–H groups in total. The molecule has 0 aliphatic rings. The van der Waals surface area contributed by atoms with Crippen molar-refractivity contribution < 1.29 is 9.53 Å². The maximum absolute atomic E-state index is 11.2. The maximum atomic E-state index is 11.2. The second kappa shape index (κ2) is 7.27. The zero-order valence-corrected chi connectivity index (χ0v) is 11.7. The van der Waals surface area contributed by atoms with Crippen molar-refractivity contribution in [1.29, 1.82) is 0 Å². The molecule has 0 fully saturated rings. The standard InChI is InChI=1S/C12H17BrN2O2/c1-3-17-12(16)5-4-9(2)15-11-6-10(13)7-14-8-11/h6-9,15H,3-5H2,1-2H3. The van der Waals surface area contributed by atoms with Gasteiger partial charge in [-0.05, 0) is 42.3 Å². The fraction of sp³-hybridized carbons (Fsp3) is 0.500. The van der Waals surface area contributed by atoms with Crippen molar-refractivity contribution in [2.45, 2.75) is 32.7 Å². The predicted molar refractivity (Wildman–Crippen MR) is 70.9 cm³/mol. The summed E-state index contributed by atoms with van der Waals surface area (Å²) in [6, 6.07) is 2.16. The Kier molecular flexibility index (Phi) is 5.97. The van der Waals surface area contributed by atoms with Crippen LogP contribution in [0.4, 0.5) is 5.69 Å². The molecular formula is C12H17BrN2O2. The second-order valence-electron chi connectivity index (χ2n) is 3.78. The van der Waals surface area contributed by atoms with Gasteiger partial charge < -0.3 is 10.1 Å². The third kappa shape index (κ3) is 5.68. The molecule has 1 unspecified atom stereocenters. The Morgan fingerprint density at radius 1 is 1.59 bits per heavy atom. The van der Waals surface area contributed by atoms with E-state index in [0.29, 0.717) is 13.0 Å². The molecule has 0 bridgehead atoms. The molecule has 0 aliphatic heterocycles. The van der Waals surface area contributed by atoms with Crippen molar-refractivity contribution in [1.82, 2.24) is 4.98 Å². The van der Waals surface area contributed by atoms with E-state index in [1.54, 1.807) is 12.4 Å². The number of nitrogens with zero attached hydrogens (tertiary/aromatic N) is 1.